The third kappa shape index (κ3) is 37.4. The third-order valence-electron chi connectivity index (χ3n) is 0.383. The Hall–Kier alpha value is 3.58. The van der Waals surface area contributed by atoms with Gasteiger partial charge >= 0.3 is 103 Å². The predicted molar refractivity (Wildman–Crippen MR) is 45.0 cm³/mol. The van der Waals surface area contributed by atoms with Crippen molar-refractivity contribution < 1.29 is 116 Å². The Bertz CT molecular complexity index is 130. The van der Waals surface area contributed by atoms with Gasteiger partial charge in [0.25, 0.3) is 0 Å². The van der Waals surface area contributed by atoms with Gasteiger partial charge in [-0.15, -0.1) is 24.0 Å². The first kappa shape index (κ1) is 24.7. The molecule has 0 fully saturated rings. The first-order valence-corrected chi connectivity index (χ1v) is 3.90. The van der Waals surface area contributed by atoms with Gasteiger partial charge in [0.2, 0.25) is 0 Å². The predicted octanol–water partition coefficient (Wildman–Crippen LogP) is -6.23. The Morgan fingerprint density at radius 3 is 1.50 bits per heavy atom. The summed E-state index contributed by atoms with van der Waals surface area (Å²) in [7, 11) is 3.71. The van der Waals surface area contributed by atoms with Crippen molar-refractivity contribution in [1.29, 1.82) is 0 Å². The minimum atomic E-state index is -3.11. The van der Waals surface area contributed by atoms with E-state index in [-0.39, 0.29) is 103 Å². The van der Waals surface area contributed by atoms with E-state index in [1.165, 1.54) is 0 Å². The monoisotopic (exact) mass is 279 g/mol. The van der Waals surface area contributed by atoms with E-state index in [0.717, 1.165) is 0 Å². The maximum atomic E-state index is 8.44. The fraction of sp³-hybridized carbons (Fsp3) is 0.667. The largest absolute Gasteiger partial charge is 1.00 e. The summed E-state index contributed by atoms with van der Waals surface area (Å²) in [5.41, 5.74) is 0. The zero-order chi connectivity index (χ0) is 8.73. The average Bonchev–Trinajstić information content (AvgIpc) is 1.63. The molecule has 0 amide bonds. The standard InChI is InChI=1S/C3H7NS2.2K.H2O3S/c1-4(2)3(5)6;;;1-4(2)3/h1-2H3,(H,5,6);;;(H2,1,2,3)/q;2*+1;/p-2. The summed E-state index contributed by atoms with van der Waals surface area (Å²) in [6.45, 7) is 0. The van der Waals surface area contributed by atoms with Crippen molar-refractivity contribution in [2.24, 2.45) is 0 Å². The number of hydrogen-bond acceptors (Lipinski definition) is 4. The van der Waals surface area contributed by atoms with Crippen LogP contribution in [0.25, 0.3) is 0 Å². The van der Waals surface area contributed by atoms with Crippen LogP contribution in [-0.4, -0.2) is 36.6 Å². The first-order chi connectivity index (χ1) is 4.37. The van der Waals surface area contributed by atoms with Gasteiger partial charge in [0.1, 0.15) is 4.32 Å². The van der Waals surface area contributed by atoms with Gasteiger partial charge in [-0.05, 0) is 0 Å². The smallest absolute Gasteiger partial charge is 0.784 e. The molecule has 0 aromatic carbocycles. The van der Waals surface area contributed by atoms with Crippen LogP contribution in [0, 0.1) is 0 Å². The molecule has 4 nitrogen and oxygen atoms in total. The van der Waals surface area contributed by atoms with Crippen molar-refractivity contribution in [2.75, 3.05) is 14.1 Å². The Morgan fingerprint density at radius 1 is 1.42 bits per heavy atom. The van der Waals surface area contributed by atoms with E-state index in [2.05, 4.69) is 24.8 Å². The van der Waals surface area contributed by atoms with Crippen LogP contribution in [-0.2, 0) is 11.4 Å². The third-order valence-corrected chi connectivity index (χ3v) is 1.15. The van der Waals surface area contributed by atoms with Gasteiger partial charge in [-0.2, -0.15) is 0 Å². The van der Waals surface area contributed by atoms with Crippen molar-refractivity contribution in [2.45, 2.75) is 0 Å². The molecule has 0 radical (unpaired) electrons. The zero-order valence-electron chi connectivity index (χ0n) is 7.44. The molecular formula is C3H7K2NO3S3. The second-order valence-corrected chi connectivity index (χ2v) is 2.90. The summed E-state index contributed by atoms with van der Waals surface area (Å²) in [5.74, 6) is 0. The van der Waals surface area contributed by atoms with Crippen LogP contribution in [0.2, 0.25) is 0 Å². The van der Waals surface area contributed by atoms with Gasteiger partial charge in [-0.25, -0.2) is 0 Å². The molecule has 0 aromatic rings. The Balaban J connectivity index is -0.0000000483. The molecule has 0 unspecified atom stereocenters. The van der Waals surface area contributed by atoms with E-state index < -0.39 is 11.4 Å². The Labute approximate surface area is 171 Å². The molecule has 12 heavy (non-hydrogen) atoms. The molecule has 0 atom stereocenters. The molecule has 0 aliphatic heterocycles. The molecule has 0 spiro atoms. The van der Waals surface area contributed by atoms with Gasteiger partial charge < -0.3 is 14.0 Å². The molecule has 9 heteroatoms. The number of hydrogen-bond donors (Lipinski definition) is 1. The van der Waals surface area contributed by atoms with Gasteiger partial charge in [-0.1, -0.05) is 12.2 Å². The summed E-state index contributed by atoms with van der Waals surface area (Å²) < 4.78 is 26.0. The van der Waals surface area contributed by atoms with Crippen LogP contribution < -0.4 is 103 Å². The summed E-state index contributed by atoms with van der Waals surface area (Å²) in [5, 5.41) is 0. The van der Waals surface area contributed by atoms with E-state index in [4.69, 9.17) is 13.3 Å². The van der Waals surface area contributed by atoms with Crippen LogP contribution in [0.1, 0.15) is 0 Å². The number of thiocarbonyl (C=S) groups is 1. The van der Waals surface area contributed by atoms with Gasteiger partial charge in [0, 0.05) is 14.1 Å². The fourth-order valence-electron chi connectivity index (χ4n) is 0. The van der Waals surface area contributed by atoms with Crippen LogP contribution in [0.5, 0.6) is 0 Å². The summed E-state index contributed by atoms with van der Waals surface area (Å²) in [6.07, 6.45) is 0. The maximum Gasteiger partial charge on any atom is 1.00 e. The minimum absolute atomic E-state index is 0. The van der Waals surface area contributed by atoms with Crippen molar-refractivity contribution in [3.63, 3.8) is 0 Å². The van der Waals surface area contributed by atoms with Crippen molar-refractivity contribution in [3.05, 3.63) is 0 Å². The fourth-order valence-corrected chi connectivity index (χ4v) is 0. The SMILES string of the molecule is CN(C)C(=S)S.O=S([O-])[O-].[K+].[K+]. The molecular weight excluding hydrogens is 272 g/mol. The summed E-state index contributed by atoms with van der Waals surface area (Å²) in [4.78, 5) is 1.76. The molecule has 0 aliphatic rings. The van der Waals surface area contributed by atoms with Gasteiger partial charge in [-0.3, -0.25) is 4.21 Å². The molecule has 0 N–H and O–H groups in total. The molecule has 62 valence electrons. The molecule has 0 rings (SSSR count). The molecule has 0 bridgehead atoms. The van der Waals surface area contributed by atoms with Crippen LogP contribution >= 0.6 is 24.8 Å². The van der Waals surface area contributed by atoms with E-state index in [1.807, 2.05) is 14.1 Å². The van der Waals surface area contributed by atoms with Crippen LogP contribution in [0.3, 0.4) is 0 Å². The van der Waals surface area contributed by atoms with Crippen LogP contribution in [0.15, 0.2) is 0 Å². The summed E-state index contributed by atoms with van der Waals surface area (Å²) >= 11 is 5.35. The topological polar surface area (TPSA) is 66.4 Å². The van der Waals surface area contributed by atoms with Crippen molar-refractivity contribution >= 4 is 40.5 Å². The van der Waals surface area contributed by atoms with Gasteiger partial charge in [0.15, 0.2) is 0 Å². The quantitative estimate of drug-likeness (QED) is 0.207. The van der Waals surface area contributed by atoms with E-state index in [9.17, 15) is 0 Å². The molecule has 0 heterocycles. The Morgan fingerprint density at radius 2 is 1.50 bits per heavy atom. The minimum Gasteiger partial charge on any atom is -0.784 e. The van der Waals surface area contributed by atoms with Crippen LogP contribution in [0.4, 0.5) is 0 Å². The second-order valence-electron chi connectivity index (χ2n) is 1.38. The van der Waals surface area contributed by atoms with Gasteiger partial charge in [0.05, 0.1) is 0 Å². The first-order valence-electron chi connectivity index (χ1n) is 2.05. The van der Waals surface area contributed by atoms with Crippen molar-refractivity contribution in [1.82, 2.24) is 4.90 Å². The van der Waals surface area contributed by atoms with E-state index >= 15 is 0 Å². The molecule has 0 aliphatic carbocycles. The maximum absolute atomic E-state index is 8.44. The molecule has 0 saturated carbocycles. The number of rotatable bonds is 0. The van der Waals surface area contributed by atoms with E-state index in [1.54, 1.807) is 4.90 Å². The number of nitrogens with zero attached hydrogens (tertiary/aromatic N) is 1. The number of thiol groups is 1. The van der Waals surface area contributed by atoms with E-state index in [0.29, 0.717) is 4.32 Å². The second kappa shape index (κ2) is 17.0. The normalized spacial score (nSPS) is 6.83. The summed E-state index contributed by atoms with van der Waals surface area (Å²) in [6, 6.07) is 0. The molecule has 0 aromatic heterocycles. The Kier molecular flexibility index (Phi) is 35.0. The zero-order valence-corrected chi connectivity index (χ0v) is 16.2. The average molecular weight is 279 g/mol. The molecule has 0 saturated heterocycles. The van der Waals surface area contributed by atoms with Crippen molar-refractivity contribution in [3.8, 4) is 0 Å².